The summed E-state index contributed by atoms with van der Waals surface area (Å²) < 4.78 is 14.7. The van der Waals surface area contributed by atoms with Gasteiger partial charge in [0.15, 0.2) is 0 Å². The number of nitrogens with one attached hydrogen (secondary N) is 1. The number of hydrogen-bond acceptors (Lipinski definition) is 12. The van der Waals surface area contributed by atoms with Gasteiger partial charge in [0.05, 0.1) is 58.6 Å². The molecule has 1 saturated heterocycles. The summed E-state index contributed by atoms with van der Waals surface area (Å²) in [4.78, 5) is 75.1. The van der Waals surface area contributed by atoms with E-state index >= 15 is 0 Å². The molecule has 1 aliphatic carbocycles. The Morgan fingerprint density at radius 2 is 1.75 bits per heavy atom. The molecule has 1 fully saturated rings. The highest BCUT2D eigenvalue weighted by atomic mass is 16.6. The van der Waals surface area contributed by atoms with E-state index in [1.54, 1.807) is 77.9 Å². The zero-order valence-corrected chi connectivity index (χ0v) is 36.3. The number of rotatable bonds is 9. The fourth-order valence-electron chi connectivity index (χ4n) is 9.85. The van der Waals surface area contributed by atoms with E-state index in [4.69, 9.17) is 14.5 Å². The van der Waals surface area contributed by atoms with E-state index in [0.717, 1.165) is 16.5 Å². The first-order valence-corrected chi connectivity index (χ1v) is 21.8. The Hall–Kier alpha value is -6.81. The average molecular weight is 871 g/mol. The molecule has 4 N–H and O–H groups in total. The van der Waals surface area contributed by atoms with Crippen LogP contribution >= 0.6 is 0 Å². The SMILES string of the molecule is CCc1c2c(nc3ccc(O)cc13)-c1cc3c(c(=O)n1C2)COC(=O)C3(CC)OC(=O)C1CCN(C(=O)Cc2ccc(-n3c(C4C=C(C(C)C)C(O)=CC4(C)O)n[nH]c3=O)cc2)CC1. The van der Waals surface area contributed by atoms with Crippen LogP contribution in [0.5, 0.6) is 5.75 Å². The van der Waals surface area contributed by atoms with Crippen LogP contribution in [0.4, 0.5) is 0 Å². The Bertz CT molecular complexity index is 2950. The fourth-order valence-corrected chi connectivity index (χ4v) is 9.85. The zero-order chi connectivity index (χ0) is 45.4. The van der Waals surface area contributed by atoms with E-state index in [2.05, 4.69) is 10.2 Å². The third-order valence-corrected chi connectivity index (χ3v) is 13.4. The van der Waals surface area contributed by atoms with Crippen molar-refractivity contribution >= 4 is 28.7 Å². The second kappa shape index (κ2) is 15.8. The van der Waals surface area contributed by atoms with Crippen molar-refractivity contribution in [2.24, 2.45) is 11.8 Å². The first kappa shape index (κ1) is 42.5. The van der Waals surface area contributed by atoms with E-state index in [-0.39, 0.29) is 84.9 Å². The first-order valence-electron chi connectivity index (χ1n) is 21.8. The van der Waals surface area contributed by atoms with Gasteiger partial charge in [0, 0.05) is 29.6 Å². The number of nitrogens with zero attached hydrogens (tertiary/aromatic N) is 5. The van der Waals surface area contributed by atoms with Crippen LogP contribution in [0.15, 0.2) is 81.6 Å². The van der Waals surface area contributed by atoms with Gasteiger partial charge in [0.25, 0.3) is 5.56 Å². The largest absolute Gasteiger partial charge is 0.508 e. The van der Waals surface area contributed by atoms with E-state index in [9.17, 15) is 39.3 Å². The van der Waals surface area contributed by atoms with Crippen LogP contribution in [0.1, 0.15) is 93.4 Å². The molecular weight excluding hydrogens is 821 g/mol. The maximum atomic E-state index is 14.2. The number of likely N-dealkylation sites (tertiary alicyclic amines) is 1. The van der Waals surface area contributed by atoms with Crippen LogP contribution in [0.2, 0.25) is 0 Å². The number of benzene rings is 2. The monoisotopic (exact) mass is 870 g/mol. The smallest absolute Gasteiger partial charge is 0.355 e. The number of aryl methyl sites for hydroxylation is 1. The van der Waals surface area contributed by atoms with Gasteiger partial charge in [-0.3, -0.25) is 14.4 Å². The summed E-state index contributed by atoms with van der Waals surface area (Å²) >= 11 is 0. The van der Waals surface area contributed by atoms with Gasteiger partial charge in [-0.15, -0.1) is 0 Å². The number of ether oxygens (including phenoxy) is 2. The van der Waals surface area contributed by atoms with Gasteiger partial charge in [-0.1, -0.05) is 45.9 Å². The van der Waals surface area contributed by atoms with Crippen molar-refractivity contribution in [3.63, 3.8) is 0 Å². The topological polar surface area (TPSA) is 219 Å². The normalized spacial score (nSPS) is 21.8. The van der Waals surface area contributed by atoms with Crippen molar-refractivity contribution in [1.29, 1.82) is 0 Å². The number of fused-ring (bicyclic) bond motifs is 5. The number of esters is 2. The van der Waals surface area contributed by atoms with E-state index < -0.39 is 40.7 Å². The molecule has 16 nitrogen and oxygen atoms in total. The van der Waals surface area contributed by atoms with Crippen LogP contribution in [-0.2, 0) is 55.5 Å². The molecule has 0 spiro atoms. The van der Waals surface area contributed by atoms with Crippen molar-refractivity contribution in [2.45, 2.75) is 97.0 Å². The average Bonchev–Trinajstić information content (AvgIpc) is 3.83. The van der Waals surface area contributed by atoms with Gasteiger partial charge >= 0.3 is 17.6 Å². The highest BCUT2D eigenvalue weighted by molar-refractivity contribution is 5.91. The third-order valence-electron chi connectivity index (χ3n) is 13.4. The summed E-state index contributed by atoms with van der Waals surface area (Å²) in [6.07, 6.45) is 4.43. The fraction of sp³-hybridized carbons (Fsp3) is 0.396. The number of hydrogen-bond donors (Lipinski definition) is 4. The minimum atomic E-state index is -1.86. The maximum absolute atomic E-state index is 14.2. The number of aliphatic hydroxyl groups excluding tert-OH is 1. The van der Waals surface area contributed by atoms with E-state index in [1.165, 1.54) is 10.6 Å². The number of allylic oxidation sites excluding steroid dienone is 1. The summed E-state index contributed by atoms with van der Waals surface area (Å²) in [5.74, 6) is -2.54. The van der Waals surface area contributed by atoms with Crippen molar-refractivity contribution in [3.8, 4) is 22.8 Å². The van der Waals surface area contributed by atoms with Crippen LogP contribution in [0, 0.1) is 11.8 Å². The predicted molar refractivity (Wildman–Crippen MR) is 234 cm³/mol. The number of carbonyl (C=O) groups excluding carboxylic acids is 3. The number of phenolic OH excluding ortho intramolecular Hbond substituents is 1. The minimum absolute atomic E-state index is 0.0166. The second-order valence-electron chi connectivity index (χ2n) is 17.7. The molecule has 9 rings (SSSR count). The zero-order valence-electron chi connectivity index (χ0n) is 36.3. The van der Waals surface area contributed by atoms with Gasteiger partial charge in [0.1, 0.15) is 23.9 Å². The highest BCUT2D eigenvalue weighted by Crippen LogP contribution is 2.44. The quantitative estimate of drug-likeness (QED) is 0.139. The van der Waals surface area contributed by atoms with Crippen LogP contribution in [-0.4, -0.2) is 81.1 Å². The first-order chi connectivity index (χ1) is 30.5. The molecule has 0 bridgehead atoms. The number of piperidine rings is 1. The van der Waals surface area contributed by atoms with Gasteiger partial charge < -0.3 is 34.3 Å². The Morgan fingerprint density at radius 3 is 2.44 bits per heavy atom. The van der Waals surface area contributed by atoms with E-state index in [1.807, 2.05) is 20.8 Å². The number of aromatic amines is 1. The molecule has 0 radical (unpaired) electrons. The highest BCUT2D eigenvalue weighted by Gasteiger charge is 2.51. The Balaban J connectivity index is 0.889. The Labute approximate surface area is 367 Å². The lowest BCUT2D eigenvalue weighted by molar-refractivity contribution is -0.192. The van der Waals surface area contributed by atoms with Crippen LogP contribution in [0.3, 0.4) is 0 Å². The van der Waals surface area contributed by atoms with E-state index in [0.29, 0.717) is 53.0 Å². The van der Waals surface area contributed by atoms with Crippen molar-refractivity contribution in [2.75, 3.05) is 13.1 Å². The summed E-state index contributed by atoms with van der Waals surface area (Å²) in [6, 6.07) is 13.6. The molecule has 3 unspecified atom stereocenters. The number of pyridine rings is 2. The standard InChI is InChI=1S/C48H50N6O10/c1-6-30-32-19-29(55)12-13-37(32)49-41-33(30)23-53-38(41)21-35-34(43(53)58)24-63-45(60)48(35,7-2)64-44(59)27-14-16-52(17-15-27)40(57)18-26-8-10-28(11-9-26)54-42(50-51-46(54)61)36-20-31(25(3)4)39(56)22-47(36,5)62/h8-13,19-22,25,27,36,55-56,62H,6-7,14-18,23-24H2,1-5H3,(H,51,61). The summed E-state index contributed by atoms with van der Waals surface area (Å²) in [5, 5.41) is 39.5. The molecule has 3 aromatic heterocycles. The molecule has 332 valence electrons. The van der Waals surface area contributed by atoms with Gasteiger partial charge in [-0.25, -0.2) is 24.2 Å². The maximum Gasteiger partial charge on any atom is 0.355 e. The third kappa shape index (κ3) is 6.91. The molecule has 4 aliphatic rings. The second-order valence-corrected chi connectivity index (χ2v) is 17.7. The summed E-state index contributed by atoms with van der Waals surface area (Å²) in [6.45, 7) is 9.66. The lowest BCUT2D eigenvalue weighted by atomic mass is 9.79. The predicted octanol–water partition coefficient (Wildman–Crippen LogP) is 5.13. The number of carbonyl (C=O) groups is 3. The van der Waals surface area contributed by atoms with Crippen LogP contribution < -0.4 is 11.2 Å². The van der Waals surface area contributed by atoms with Crippen molar-refractivity contribution in [1.82, 2.24) is 29.2 Å². The number of cyclic esters (lactones) is 1. The molecule has 1 amide bonds. The number of aromatic nitrogens is 5. The number of aliphatic hydroxyl groups is 2. The molecular formula is C48H50N6O10. The molecule has 6 heterocycles. The van der Waals surface area contributed by atoms with Crippen molar-refractivity contribution in [3.05, 3.63) is 126 Å². The summed E-state index contributed by atoms with van der Waals surface area (Å²) in [5.41, 5.74) is 1.68. The molecule has 0 saturated carbocycles. The lowest BCUT2D eigenvalue weighted by Crippen LogP contribution is -2.49. The molecule has 2 aromatic carbocycles. The molecule has 5 aromatic rings. The molecule has 3 atom stereocenters. The van der Waals surface area contributed by atoms with Crippen LogP contribution in [0.25, 0.3) is 28.0 Å². The Kier molecular flexibility index (Phi) is 10.5. The molecule has 16 heteroatoms. The molecule has 64 heavy (non-hydrogen) atoms. The van der Waals surface area contributed by atoms with Gasteiger partial charge in [0.2, 0.25) is 11.5 Å². The number of phenols is 1. The summed E-state index contributed by atoms with van der Waals surface area (Å²) in [7, 11) is 0. The lowest BCUT2D eigenvalue weighted by Gasteiger charge is -2.38. The number of amides is 1. The van der Waals surface area contributed by atoms with Gasteiger partial charge in [-0.05, 0) is 97.7 Å². The number of H-pyrrole nitrogens is 1. The minimum Gasteiger partial charge on any atom is -0.508 e. The van der Waals surface area contributed by atoms with Crippen molar-refractivity contribution < 1.29 is 39.2 Å². The molecule has 3 aliphatic heterocycles. The Morgan fingerprint density at radius 1 is 1.02 bits per heavy atom. The number of aromatic hydroxyl groups is 1. The van der Waals surface area contributed by atoms with Gasteiger partial charge in [-0.2, -0.15) is 5.10 Å².